The van der Waals surface area contributed by atoms with Gasteiger partial charge in [-0.25, -0.2) is 8.42 Å². The number of rotatable bonds is 5. The third-order valence-corrected chi connectivity index (χ3v) is 8.37. The van der Waals surface area contributed by atoms with E-state index in [-0.39, 0.29) is 16.3 Å². The van der Waals surface area contributed by atoms with E-state index in [0.717, 1.165) is 11.1 Å². The summed E-state index contributed by atoms with van der Waals surface area (Å²) in [6.07, 6.45) is 0.812. The van der Waals surface area contributed by atoms with Gasteiger partial charge in [0.25, 0.3) is 10.0 Å². The average molecular weight is 485 g/mol. The third kappa shape index (κ3) is 4.79. The summed E-state index contributed by atoms with van der Waals surface area (Å²) in [7, 11) is -7.91. The Balaban J connectivity index is 1.70. The Hall–Kier alpha value is -3.17. The molecule has 0 aromatic heterocycles. The molecular formula is C24H24N2O5S2. The summed E-state index contributed by atoms with van der Waals surface area (Å²) >= 11 is 0. The van der Waals surface area contributed by atoms with Gasteiger partial charge in [0, 0.05) is 12.1 Å². The molecule has 33 heavy (non-hydrogen) atoms. The normalized spacial score (nSPS) is 15.7. The van der Waals surface area contributed by atoms with Gasteiger partial charge in [0.1, 0.15) is 4.90 Å². The monoisotopic (exact) mass is 484 g/mol. The Labute approximate surface area is 194 Å². The van der Waals surface area contributed by atoms with E-state index in [1.54, 1.807) is 60.7 Å². The van der Waals surface area contributed by atoms with E-state index in [1.165, 1.54) is 16.4 Å². The van der Waals surface area contributed by atoms with Gasteiger partial charge in [0.05, 0.1) is 16.3 Å². The second kappa shape index (κ2) is 8.99. The zero-order chi connectivity index (χ0) is 23.6. The van der Waals surface area contributed by atoms with Gasteiger partial charge < -0.3 is 0 Å². The van der Waals surface area contributed by atoms with Crippen LogP contribution >= 0.6 is 0 Å². The molecule has 0 radical (unpaired) electrons. The van der Waals surface area contributed by atoms with Crippen molar-refractivity contribution in [2.75, 3.05) is 10.8 Å². The molecular weight excluding hydrogens is 460 g/mol. The number of para-hydroxylation sites is 1. The molecule has 0 spiro atoms. The van der Waals surface area contributed by atoms with E-state index in [0.29, 0.717) is 29.8 Å². The predicted molar refractivity (Wildman–Crippen MR) is 127 cm³/mol. The first-order valence-electron chi connectivity index (χ1n) is 10.4. The van der Waals surface area contributed by atoms with Crippen molar-refractivity contribution < 1.29 is 21.1 Å². The van der Waals surface area contributed by atoms with Crippen LogP contribution in [0.4, 0.5) is 5.69 Å². The fraction of sp³-hybridized carbons (Fsp3) is 0.208. The Bertz CT molecular complexity index is 1400. The van der Waals surface area contributed by atoms with Crippen LogP contribution in [0.2, 0.25) is 0 Å². The van der Waals surface area contributed by atoms with Gasteiger partial charge in [-0.1, -0.05) is 58.7 Å². The van der Waals surface area contributed by atoms with Crippen molar-refractivity contribution in [1.29, 1.82) is 0 Å². The van der Waals surface area contributed by atoms with Crippen LogP contribution in [0.1, 0.15) is 29.5 Å². The average Bonchev–Trinajstić information content (AvgIpc) is 2.98. The fourth-order valence-corrected chi connectivity index (χ4v) is 5.87. The predicted octanol–water partition coefficient (Wildman–Crippen LogP) is 4.40. The molecule has 172 valence electrons. The Morgan fingerprint density at radius 2 is 1.36 bits per heavy atom. The lowest BCUT2D eigenvalue weighted by atomic mass is 10.1. The number of hydrogen-bond donors (Lipinski definition) is 0. The van der Waals surface area contributed by atoms with Gasteiger partial charge in [-0.05, 0) is 57.0 Å². The van der Waals surface area contributed by atoms with Gasteiger partial charge in [-0.15, -0.1) is 0 Å². The molecule has 1 aliphatic rings. The van der Waals surface area contributed by atoms with Gasteiger partial charge in [-0.2, -0.15) is 8.42 Å². The molecule has 0 unspecified atom stereocenters. The highest BCUT2D eigenvalue weighted by Gasteiger charge is 2.30. The topological polar surface area (TPSA) is 93.1 Å². The fourth-order valence-electron chi connectivity index (χ4n) is 3.60. The summed E-state index contributed by atoms with van der Waals surface area (Å²) in [6.45, 7) is 3.98. The van der Waals surface area contributed by atoms with E-state index >= 15 is 0 Å². The molecule has 1 heterocycles. The number of fused-ring (bicyclic) bond motifs is 1. The van der Waals surface area contributed by atoms with Gasteiger partial charge in [-0.3, -0.25) is 8.59 Å². The molecule has 0 aliphatic carbocycles. The van der Waals surface area contributed by atoms with E-state index in [1.807, 2.05) is 13.8 Å². The van der Waals surface area contributed by atoms with Crippen LogP contribution in [-0.2, 0) is 24.4 Å². The number of nitrogens with zero attached hydrogens (tertiary/aromatic N) is 2. The van der Waals surface area contributed by atoms with Crippen molar-refractivity contribution in [3.8, 4) is 0 Å². The van der Waals surface area contributed by atoms with E-state index in [2.05, 4.69) is 5.16 Å². The summed E-state index contributed by atoms with van der Waals surface area (Å²) in [5, 5.41) is 3.96. The number of oxime groups is 1. The smallest absolute Gasteiger partial charge is 0.266 e. The van der Waals surface area contributed by atoms with Gasteiger partial charge in [0.2, 0.25) is 0 Å². The second-order valence-electron chi connectivity index (χ2n) is 7.89. The Kier molecular flexibility index (Phi) is 6.27. The van der Waals surface area contributed by atoms with Crippen molar-refractivity contribution in [3.63, 3.8) is 0 Å². The van der Waals surface area contributed by atoms with Crippen molar-refractivity contribution in [2.24, 2.45) is 5.16 Å². The highest BCUT2D eigenvalue weighted by Crippen LogP contribution is 2.32. The minimum absolute atomic E-state index is 0.00272. The number of anilines is 1. The highest BCUT2D eigenvalue weighted by atomic mass is 32.2. The molecule has 9 heteroatoms. The maximum Gasteiger partial charge on any atom is 0.358 e. The molecule has 0 bridgehead atoms. The van der Waals surface area contributed by atoms with E-state index in [9.17, 15) is 16.8 Å². The van der Waals surface area contributed by atoms with E-state index in [4.69, 9.17) is 4.28 Å². The molecule has 3 aromatic carbocycles. The molecule has 0 N–H and O–H groups in total. The van der Waals surface area contributed by atoms with E-state index < -0.39 is 20.1 Å². The lowest BCUT2D eigenvalue weighted by Crippen LogP contribution is -2.31. The zero-order valence-corrected chi connectivity index (χ0v) is 19.9. The number of hydrogen-bond acceptors (Lipinski definition) is 6. The van der Waals surface area contributed by atoms with Crippen LogP contribution in [0, 0.1) is 13.8 Å². The van der Waals surface area contributed by atoms with Crippen LogP contribution in [0.15, 0.2) is 87.7 Å². The molecule has 0 fully saturated rings. The molecule has 4 rings (SSSR count). The molecule has 0 atom stereocenters. The maximum absolute atomic E-state index is 13.4. The lowest BCUT2D eigenvalue weighted by Gasteiger charge is -2.24. The largest absolute Gasteiger partial charge is 0.358 e. The van der Waals surface area contributed by atoms with Crippen LogP contribution in [0.25, 0.3) is 0 Å². The number of benzene rings is 3. The minimum Gasteiger partial charge on any atom is -0.266 e. The van der Waals surface area contributed by atoms with Crippen LogP contribution < -0.4 is 4.31 Å². The SMILES string of the molecule is Cc1ccc(S(=O)(=O)O/N=C2\CCCN(S(=O)(=O)c3ccc(C)cc3)c3ccccc32)cc1. The standard InChI is InChI=1S/C24H24N2O5S2/c1-18-9-13-20(14-10-18)32(27,28)26-17-5-7-23(22-6-3-4-8-24(22)26)25-31-33(29,30)21-15-11-19(2)12-16-21/h3-4,6,8-16H,5,7,17H2,1-2H3/b25-23+. The molecule has 0 amide bonds. The van der Waals surface area contributed by atoms with Crippen molar-refractivity contribution in [2.45, 2.75) is 36.5 Å². The highest BCUT2D eigenvalue weighted by molar-refractivity contribution is 7.92. The number of aryl methyl sites for hydroxylation is 2. The second-order valence-corrected chi connectivity index (χ2v) is 11.3. The molecule has 7 nitrogen and oxygen atoms in total. The number of sulfonamides is 1. The van der Waals surface area contributed by atoms with Crippen LogP contribution in [-0.4, -0.2) is 29.1 Å². The molecule has 1 aliphatic heterocycles. The Morgan fingerprint density at radius 3 is 2.00 bits per heavy atom. The zero-order valence-electron chi connectivity index (χ0n) is 18.3. The third-order valence-electron chi connectivity index (χ3n) is 5.42. The van der Waals surface area contributed by atoms with Crippen molar-refractivity contribution in [1.82, 2.24) is 0 Å². The summed E-state index contributed by atoms with van der Waals surface area (Å²) in [5.41, 5.74) is 3.22. The first-order valence-corrected chi connectivity index (χ1v) is 13.3. The summed E-state index contributed by atoms with van der Waals surface area (Å²) in [5.74, 6) is 0. The molecule has 0 saturated carbocycles. The Morgan fingerprint density at radius 1 is 0.788 bits per heavy atom. The molecule has 0 saturated heterocycles. The maximum atomic E-state index is 13.4. The minimum atomic E-state index is -4.10. The van der Waals surface area contributed by atoms with Crippen molar-refractivity contribution in [3.05, 3.63) is 89.5 Å². The first kappa shape index (κ1) is 23.0. The van der Waals surface area contributed by atoms with Crippen LogP contribution in [0.3, 0.4) is 0 Å². The first-order chi connectivity index (χ1) is 15.7. The lowest BCUT2D eigenvalue weighted by molar-refractivity contribution is 0.338. The van der Waals surface area contributed by atoms with Gasteiger partial charge >= 0.3 is 10.1 Å². The summed E-state index contributed by atoms with van der Waals surface area (Å²) < 4.78 is 58.4. The molecule has 3 aromatic rings. The summed E-state index contributed by atoms with van der Waals surface area (Å²) in [4.78, 5) is 0.199. The summed E-state index contributed by atoms with van der Waals surface area (Å²) in [6, 6.07) is 19.9. The van der Waals surface area contributed by atoms with Gasteiger partial charge in [0.15, 0.2) is 0 Å². The quantitative estimate of drug-likeness (QED) is 0.501. The van der Waals surface area contributed by atoms with Crippen molar-refractivity contribution >= 4 is 31.5 Å². The van der Waals surface area contributed by atoms with Crippen LogP contribution in [0.5, 0.6) is 0 Å².